The molecule has 0 aliphatic rings. The molecule has 3 rings (SSSR count). The molecule has 3 aromatic carbocycles. The summed E-state index contributed by atoms with van der Waals surface area (Å²) in [6, 6.07) is 31.3. The number of benzene rings is 3. The molecule has 0 aromatic heterocycles. The molecule has 0 aliphatic heterocycles. The number of unbranched alkanes of at least 4 members (excludes halogenated alkanes) is 1. The Morgan fingerprint density at radius 3 is 1.73 bits per heavy atom. The predicted octanol–water partition coefficient (Wildman–Crippen LogP) is 6.13. The molecule has 0 amide bonds. The number of aldehydes is 1. The molecular weight excluding hydrogens is 412 g/mol. The summed E-state index contributed by atoms with van der Waals surface area (Å²) in [5.74, 6) is 0. The lowest BCUT2D eigenvalue weighted by Crippen LogP contribution is -2.33. The van der Waals surface area contributed by atoms with Crippen molar-refractivity contribution in [1.29, 1.82) is 0 Å². The second kappa shape index (κ2) is 13.7. The Morgan fingerprint density at radius 1 is 0.758 bits per heavy atom. The molecule has 0 aliphatic carbocycles. The Hall–Kier alpha value is -2.79. The van der Waals surface area contributed by atoms with E-state index in [0.717, 1.165) is 48.7 Å². The normalized spacial score (nSPS) is 12.4. The fourth-order valence-electron chi connectivity index (χ4n) is 4.20. The zero-order chi connectivity index (χ0) is 23.2. The topological polar surface area (TPSA) is 44.8 Å². The zero-order valence-corrected chi connectivity index (χ0v) is 19.4. The number of carbonyl (C=O) groups excluding carboxylic acids is 1. The molecule has 0 spiro atoms. The summed E-state index contributed by atoms with van der Waals surface area (Å²) >= 11 is 0. The molecule has 0 heterocycles. The second-order valence-corrected chi connectivity index (χ2v) is 8.06. The van der Waals surface area contributed by atoms with Gasteiger partial charge >= 0.3 is 0 Å². The van der Waals surface area contributed by atoms with Crippen LogP contribution in [0.5, 0.6) is 0 Å². The lowest BCUT2D eigenvalue weighted by Gasteiger charge is -2.36. The van der Waals surface area contributed by atoms with Crippen molar-refractivity contribution in [3.05, 3.63) is 108 Å². The van der Waals surface area contributed by atoms with Crippen LogP contribution < -0.4 is 0 Å². The van der Waals surface area contributed by atoms with Crippen LogP contribution in [0.2, 0.25) is 0 Å². The molecule has 4 nitrogen and oxygen atoms in total. The molecule has 0 fully saturated rings. The Balaban J connectivity index is 1.77. The lowest BCUT2D eigenvalue weighted by atomic mass is 9.80. The van der Waals surface area contributed by atoms with Crippen molar-refractivity contribution in [2.45, 2.75) is 43.8 Å². The summed E-state index contributed by atoms with van der Waals surface area (Å²) in [4.78, 5) is 10.8. The molecular formula is C29H34O4. The van der Waals surface area contributed by atoms with Crippen molar-refractivity contribution < 1.29 is 19.0 Å². The van der Waals surface area contributed by atoms with Gasteiger partial charge in [-0.05, 0) is 42.4 Å². The fraction of sp³-hybridized carbons (Fsp3) is 0.345. The first-order chi connectivity index (χ1) is 16.3. The third kappa shape index (κ3) is 6.84. The monoisotopic (exact) mass is 446 g/mol. The highest BCUT2D eigenvalue weighted by Crippen LogP contribution is 2.40. The van der Waals surface area contributed by atoms with E-state index in [1.165, 1.54) is 0 Å². The van der Waals surface area contributed by atoms with Crippen LogP contribution in [0.4, 0.5) is 0 Å². The van der Waals surface area contributed by atoms with Crippen LogP contribution >= 0.6 is 0 Å². The smallest absolute Gasteiger partial charge is 0.146 e. The Morgan fingerprint density at radius 2 is 1.27 bits per heavy atom. The van der Waals surface area contributed by atoms with Crippen molar-refractivity contribution in [1.82, 2.24) is 0 Å². The molecule has 0 radical (unpaired) electrons. The zero-order valence-electron chi connectivity index (χ0n) is 19.4. The van der Waals surface area contributed by atoms with Crippen LogP contribution in [0.25, 0.3) is 0 Å². The average Bonchev–Trinajstić information content (AvgIpc) is 2.89. The van der Waals surface area contributed by atoms with E-state index < -0.39 is 5.60 Å². The lowest BCUT2D eigenvalue weighted by molar-refractivity contribution is -0.110. The standard InChI is InChI=1S/C29H34O4/c1-31-24-32-28(21-13-22-30)20-11-12-23-33-29(25-14-5-2-6-15-25,26-16-7-3-8-17-26)27-18-9-4-10-19-27/h2-10,14-19,22,28H,11-13,20-21,23-24H2,1H3/t28-/m0/s1. The Kier molecular flexibility index (Phi) is 10.3. The maximum Gasteiger partial charge on any atom is 0.146 e. The highest BCUT2D eigenvalue weighted by atomic mass is 16.7. The minimum Gasteiger partial charge on any atom is -0.361 e. The summed E-state index contributed by atoms with van der Waals surface area (Å²) in [7, 11) is 1.61. The van der Waals surface area contributed by atoms with E-state index in [1.807, 2.05) is 18.2 Å². The molecule has 0 bridgehead atoms. The molecule has 33 heavy (non-hydrogen) atoms. The van der Waals surface area contributed by atoms with E-state index >= 15 is 0 Å². The van der Waals surface area contributed by atoms with Gasteiger partial charge in [0.05, 0.1) is 6.10 Å². The third-order valence-electron chi connectivity index (χ3n) is 5.81. The van der Waals surface area contributed by atoms with Crippen LogP contribution in [-0.2, 0) is 24.6 Å². The van der Waals surface area contributed by atoms with Crippen molar-refractivity contribution >= 4 is 6.29 Å². The van der Waals surface area contributed by atoms with Gasteiger partial charge in [-0.15, -0.1) is 0 Å². The van der Waals surface area contributed by atoms with Crippen molar-refractivity contribution in [2.75, 3.05) is 20.5 Å². The number of methoxy groups -OCH3 is 1. The maximum atomic E-state index is 10.8. The van der Waals surface area contributed by atoms with Gasteiger partial charge < -0.3 is 19.0 Å². The SMILES string of the molecule is COCO[C@H](CCC=O)CCCCOC(c1ccccc1)(c1ccccc1)c1ccccc1. The summed E-state index contributed by atoms with van der Waals surface area (Å²) in [5, 5.41) is 0. The first-order valence-corrected chi connectivity index (χ1v) is 11.7. The van der Waals surface area contributed by atoms with Gasteiger partial charge in [-0.1, -0.05) is 91.0 Å². The number of ether oxygens (including phenoxy) is 3. The molecule has 3 aromatic rings. The molecule has 0 unspecified atom stereocenters. The maximum absolute atomic E-state index is 10.8. The van der Waals surface area contributed by atoms with Gasteiger partial charge in [0, 0.05) is 20.1 Å². The molecule has 174 valence electrons. The number of rotatable bonds is 15. The average molecular weight is 447 g/mol. The van der Waals surface area contributed by atoms with Gasteiger partial charge in [-0.3, -0.25) is 0 Å². The van der Waals surface area contributed by atoms with Gasteiger partial charge in [-0.25, -0.2) is 0 Å². The van der Waals surface area contributed by atoms with Gasteiger partial charge in [0.15, 0.2) is 0 Å². The van der Waals surface area contributed by atoms with Gasteiger partial charge in [0.2, 0.25) is 0 Å². The van der Waals surface area contributed by atoms with Crippen LogP contribution in [0.1, 0.15) is 48.8 Å². The highest BCUT2D eigenvalue weighted by Gasteiger charge is 2.37. The van der Waals surface area contributed by atoms with Crippen molar-refractivity contribution in [3.8, 4) is 0 Å². The minimum atomic E-state index is -0.687. The molecule has 0 saturated heterocycles. The van der Waals surface area contributed by atoms with Gasteiger partial charge in [0.25, 0.3) is 0 Å². The quantitative estimate of drug-likeness (QED) is 0.122. The van der Waals surface area contributed by atoms with E-state index in [2.05, 4.69) is 72.8 Å². The minimum absolute atomic E-state index is 0.0253. The summed E-state index contributed by atoms with van der Waals surface area (Å²) in [5.41, 5.74) is 2.63. The predicted molar refractivity (Wildman–Crippen MR) is 131 cm³/mol. The molecule has 1 atom stereocenters. The molecule has 0 N–H and O–H groups in total. The van der Waals surface area contributed by atoms with E-state index in [-0.39, 0.29) is 12.9 Å². The molecule has 4 heteroatoms. The third-order valence-corrected chi connectivity index (χ3v) is 5.81. The summed E-state index contributed by atoms with van der Waals surface area (Å²) in [6.07, 6.45) is 4.90. The van der Waals surface area contributed by atoms with Crippen LogP contribution in [0.15, 0.2) is 91.0 Å². The fourth-order valence-corrected chi connectivity index (χ4v) is 4.20. The van der Waals surface area contributed by atoms with Crippen molar-refractivity contribution in [2.24, 2.45) is 0 Å². The first kappa shape index (κ1) is 24.8. The first-order valence-electron chi connectivity index (χ1n) is 11.7. The number of hydrogen-bond acceptors (Lipinski definition) is 4. The van der Waals surface area contributed by atoms with E-state index in [4.69, 9.17) is 14.2 Å². The van der Waals surface area contributed by atoms with Crippen molar-refractivity contribution in [3.63, 3.8) is 0 Å². The molecule has 0 saturated carbocycles. The van der Waals surface area contributed by atoms with E-state index in [9.17, 15) is 4.79 Å². The summed E-state index contributed by atoms with van der Waals surface area (Å²) in [6.45, 7) is 0.850. The van der Waals surface area contributed by atoms with Crippen LogP contribution in [-0.4, -0.2) is 32.9 Å². The number of carbonyl (C=O) groups is 1. The van der Waals surface area contributed by atoms with E-state index in [0.29, 0.717) is 13.0 Å². The van der Waals surface area contributed by atoms with E-state index in [1.54, 1.807) is 7.11 Å². The van der Waals surface area contributed by atoms with Crippen LogP contribution in [0, 0.1) is 0 Å². The van der Waals surface area contributed by atoms with Gasteiger partial charge in [-0.2, -0.15) is 0 Å². The summed E-state index contributed by atoms with van der Waals surface area (Å²) < 4.78 is 17.6. The van der Waals surface area contributed by atoms with Crippen LogP contribution in [0.3, 0.4) is 0 Å². The Bertz CT molecular complexity index is 815. The largest absolute Gasteiger partial charge is 0.361 e. The Labute approximate surface area is 197 Å². The number of hydrogen-bond donors (Lipinski definition) is 0. The second-order valence-electron chi connectivity index (χ2n) is 8.06. The van der Waals surface area contributed by atoms with Gasteiger partial charge in [0.1, 0.15) is 18.7 Å². The highest BCUT2D eigenvalue weighted by molar-refractivity contribution is 5.49.